The van der Waals surface area contributed by atoms with Gasteiger partial charge in [0, 0.05) is 28.2 Å². The number of aliphatic carboxylic acids is 1. The molecule has 1 N–H and O–H groups in total. The third-order valence-electron chi connectivity index (χ3n) is 2.62. The molecule has 0 radical (unpaired) electrons. The maximum Gasteiger partial charge on any atom is 0.305 e. The van der Waals surface area contributed by atoms with Gasteiger partial charge in [0.25, 0.3) is 0 Å². The summed E-state index contributed by atoms with van der Waals surface area (Å²) in [6.07, 6.45) is 0.132. The van der Waals surface area contributed by atoms with Crippen LogP contribution >= 0.6 is 11.6 Å². The van der Waals surface area contributed by atoms with Gasteiger partial charge >= 0.3 is 5.97 Å². The first-order valence-electron chi connectivity index (χ1n) is 5.05. The lowest BCUT2D eigenvalue weighted by Crippen LogP contribution is -2.05. The fourth-order valence-corrected chi connectivity index (χ4v) is 2.06. The molecule has 0 unspecified atom stereocenters. The second-order valence-electron chi connectivity index (χ2n) is 3.78. The number of carboxylic acids is 1. The Labute approximate surface area is 98.3 Å². The number of hydrogen-bond donors (Lipinski definition) is 1. The smallest absolute Gasteiger partial charge is 0.305 e. The second-order valence-corrected chi connectivity index (χ2v) is 4.22. The molecule has 1 heterocycles. The Hall–Kier alpha value is -1.48. The minimum absolute atomic E-state index is 0.132. The van der Waals surface area contributed by atoms with Gasteiger partial charge in [-0.3, -0.25) is 4.79 Å². The average Bonchev–Trinajstić information content (AvgIpc) is 2.50. The Morgan fingerprint density at radius 2 is 2.19 bits per heavy atom. The molecule has 2 rings (SSSR count). The van der Waals surface area contributed by atoms with E-state index in [-0.39, 0.29) is 6.42 Å². The largest absolute Gasteiger partial charge is 0.481 e. The van der Waals surface area contributed by atoms with E-state index in [2.05, 4.69) is 0 Å². The SMILES string of the molecule is Cc1cc2cc(Cl)ccc2n1CCC(=O)O. The van der Waals surface area contributed by atoms with E-state index < -0.39 is 5.97 Å². The maximum atomic E-state index is 10.6. The topological polar surface area (TPSA) is 42.2 Å². The molecule has 0 fully saturated rings. The summed E-state index contributed by atoms with van der Waals surface area (Å²) in [5, 5.41) is 10.4. The average molecular weight is 238 g/mol. The summed E-state index contributed by atoms with van der Waals surface area (Å²) in [5.74, 6) is -0.782. The van der Waals surface area contributed by atoms with Crippen molar-refractivity contribution >= 4 is 28.5 Å². The summed E-state index contributed by atoms with van der Waals surface area (Å²) >= 11 is 5.90. The molecule has 0 bridgehead atoms. The van der Waals surface area contributed by atoms with Crippen molar-refractivity contribution in [2.24, 2.45) is 0 Å². The number of hydrogen-bond acceptors (Lipinski definition) is 1. The fraction of sp³-hybridized carbons (Fsp3) is 0.250. The highest BCUT2D eigenvalue weighted by Crippen LogP contribution is 2.23. The van der Waals surface area contributed by atoms with Crippen LogP contribution in [0.5, 0.6) is 0 Å². The van der Waals surface area contributed by atoms with Gasteiger partial charge in [0.05, 0.1) is 6.42 Å². The van der Waals surface area contributed by atoms with Crippen molar-refractivity contribution in [2.75, 3.05) is 0 Å². The molecule has 1 aromatic carbocycles. The third-order valence-corrected chi connectivity index (χ3v) is 2.85. The molecule has 4 heteroatoms. The summed E-state index contributed by atoms with van der Waals surface area (Å²) < 4.78 is 2.00. The molecule has 16 heavy (non-hydrogen) atoms. The van der Waals surface area contributed by atoms with Gasteiger partial charge in [-0.25, -0.2) is 0 Å². The molecular weight excluding hydrogens is 226 g/mol. The number of fused-ring (bicyclic) bond motifs is 1. The molecule has 2 aromatic rings. The van der Waals surface area contributed by atoms with Crippen molar-refractivity contribution < 1.29 is 9.90 Å². The lowest BCUT2D eigenvalue weighted by Gasteiger charge is -2.05. The van der Waals surface area contributed by atoms with Crippen molar-refractivity contribution in [2.45, 2.75) is 19.9 Å². The highest BCUT2D eigenvalue weighted by molar-refractivity contribution is 6.31. The lowest BCUT2D eigenvalue weighted by atomic mass is 10.2. The summed E-state index contributed by atoms with van der Waals surface area (Å²) in [6.45, 7) is 2.46. The molecular formula is C12H12ClNO2. The number of carbonyl (C=O) groups is 1. The number of nitrogens with zero attached hydrogens (tertiary/aromatic N) is 1. The van der Waals surface area contributed by atoms with Gasteiger partial charge in [-0.15, -0.1) is 0 Å². The number of carboxylic acid groups (broad SMARTS) is 1. The molecule has 0 saturated heterocycles. The zero-order valence-electron chi connectivity index (χ0n) is 8.90. The van der Waals surface area contributed by atoms with Gasteiger partial charge in [0.1, 0.15) is 0 Å². The van der Waals surface area contributed by atoms with Gasteiger partial charge in [-0.1, -0.05) is 11.6 Å². The number of aromatic nitrogens is 1. The number of aryl methyl sites for hydroxylation is 2. The fourth-order valence-electron chi connectivity index (χ4n) is 1.88. The molecule has 1 aromatic heterocycles. The molecule has 0 aliphatic rings. The second kappa shape index (κ2) is 4.18. The minimum Gasteiger partial charge on any atom is -0.481 e. The Morgan fingerprint density at radius 3 is 2.88 bits per heavy atom. The van der Waals surface area contributed by atoms with E-state index in [0.29, 0.717) is 11.6 Å². The van der Waals surface area contributed by atoms with Crippen LogP contribution in [0.4, 0.5) is 0 Å². The highest BCUT2D eigenvalue weighted by Gasteiger charge is 2.07. The standard InChI is InChI=1S/C12H12ClNO2/c1-8-6-9-7-10(13)2-3-11(9)14(8)5-4-12(15)16/h2-3,6-7H,4-5H2,1H3,(H,15,16). The monoisotopic (exact) mass is 237 g/mol. The molecule has 0 aliphatic carbocycles. The number of benzene rings is 1. The Bertz CT molecular complexity index is 545. The predicted octanol–water partition coefficient (Wildman–Crippen LogP) is 3.08. The van der Waals surface area contributed by atoms with E-state index in [0.717, 1.165) is 16.6 Å². The van der Waals surface area contributed by atoms with Crippen molar-refractivity contribution in [1.29, 1.82) is 0 Å². The van der Waals surface area contributed by atoms with E-state index in [1.807, 2.05) is 35.8 Å². The first-order valence-corrected chi connectivity index (χ1v) is 5.43. The quantitative estimate of drug-likeness (QED) is 0.892. The van der Waals surface area contributed by atoms with E-state index >= 15 is 0 Å². The lowest BCUT2D eigenvalue weighted by molar-refractivity contribution is -0.137. The van der Waals surface area contributed by atoms with Crippen LogP contribution in [-0.4, -0.2) is 15.6 Å². The third kappa shape index (κ3) is 2.04. The van der Waals surface area contributed by atoms with Gasteiger partial charge in [-0.05, 0) is 31.2 Å². The summed E-state index contributed by atoms with van der Waals surface area (Å²) in [5.41, 5.74) is 2.08. The van der Waals surface area contributed by atoms with Crippen LogP contribution in [-0.2, 0) is 11.3 Å². The molecule has 0 amide bonds. The van der Waals surface area contributed by atoms with Gasteiger partial charge in [0.15, 0.2) is 0 Å². The van der Waals surface area contributed by atoms with E-state index in [1.54, 1.807) is 0 Å². The van der Waals surface area contributed by atoms with Crippen molar-refractivity contribution in [3.63, 3.8) is 0 Å². The predicted molar refractivity (Wildman–Crippen MR) is 63.9 cm³/mol. The molecule has 0 spiro atoms. The number of rotatable bonds is 3. The van der Waals surface area contributed by atoms with E-state index in [9.17, 15) is 4.79 Å². The van der Waals surface area contributed by atoms with Crippen LogP contribution in [0.3, 0.4) is 0 Å². The maximum absolute atomic E-state index is 10.6. The van der Waals surface area contributed by atoms with Crippen LogP contribution in [0.15, 0.2) is 24.3 Å². The van der Waals surface area contributed by atoms with Crippen LogP contribution in [0.25, 0.3) is 10.9 Å². The Kier molecular flexibility index (Phi) is 2.88. The zero-order chi connectivity index (χ0) is 11.7. The van der Waals surface area contributed by atoms with E-state index in [4.69, 9.17) is 16.7 Å². The Morgan fingerprint density at radius 1 is 1.44 bits per heavy atom. The van der Waals surface area contributed by atoms with Gasteiger partial charge < -0.3 is 9.67 Å². The first-order chi connectivity index (χ1) is 7.58. The summed E-state index contributed by atoms with van der Waals surface area (Å²) in [6, 6.07) is 7.65. The summed E-state index contributed by atoms with van der Waals surface area (Å²) in [4.78, 5) is 10.6. The van der Waals surface area contributed by atoms with Crippen LogP contribution in [0, 0.1) is 6.92 Å². The van der Waals surface area contributed by atoms with Gasteiger partial charge in [-0.2, -0.15) is 0 Å². The highest BCUT2D eigenvalue weighted by atomic mass is 35.5. The minimum atomic E-state index is -0.782. The molecule has 84 valence electrons. The first kappa shape index (κ1) is 11.0. The van der Waals surface area contributed by atoms with Crippen LogP contribution in [0.1, 0.15) is 12.1 Å². The van der Waals surface area contributed by atoms with E-state index in [1.165, 1.54) is 0 Å². The van der Waals surface area contributed by atoms with Crippen LogP contribution in [0.2, 0.25) is 5.02 Å². The molecule has 0 aliphatic heterocycles. The Balaban J connectivity index is 2.43. The molecule has 0 saturated carbocycles. The van der Waals surface area contributed by atoms with Gasteiger partial charge in [0.2, 0.25) is 0 Å². The molecule has 0 atom stereocenters. The van der Waals surface area contributed by atoms with Crippen molar-refractivity contribution in [3.05, 3.63) is 35.0 Å². The zero-order valence-corrected chi connectivity index (χ0v) is 9.66. The van der Waals surface area contributed by atoms with Crippen LogP contribution < -0.4 is 0 Å². The van der Waals surface area contributed by atoms with Crippen molar-refractivity contribution in [1.82, 2.24) is 4.57 Å². The normalized spacial score (nSPS) is 10.9. The molecule has 3 nitrogen and oxygen atoms in total. The van der Waals surface area contributed by atoms with Crippen molar-refractivity contribution in [3.8, 4) is 0 Å². The summed E-state index contributed by atoms with van der Waals surface area (Å²) in [7, 11) is 0. The number of halogens is 1.